The van der Waals surface area contributed by atoms with Gasteiger partial charge in [0.05, 0.1) is 11.4 Å². The Bertz CT molecular complexity index is 632. The average Bonchev–Trinajstić information content (AvgIpc) is 2.40. The third-order valence-corrected chi connectivity index (χ3v) is 5.03. The predicted molar refractivity (Wildman–Crippen MR) is 78.7 cm³/mol. The number of nitrogens with two attached hydrogens (primary N) is 1. The number of benzene rings is 1. The number of nitrogen functional groups attached to an aromatic ring is 1. The Morgan fingerprint density at radius 3 is 2.52 bits per heavy atom. The van der Waals surface area contributed by atoms with E-state index in [1.165, 1.54) is 13.0 Å². The maximum absolute atomic E-state index is 13.7. The fourth-order valence-corrected chi connectivity index (χ4v) is 3.54. The van der Waals surface area contributed by atoms with E-state index in [-0.39, 0.29) is 29.2 Å². The molecule has 0 fully saturated rings. The zero-order chi connectivity index (χ0) is 16.2. The predicted octanol–water partition coefficient (Wildman–Crippen LogP) is 0.863. The number of nitrogens with one attached hydrogen (secondary N) is 1. The number of carbonyl (C=O) groups excluding carboxylic acids is 1. The molecule has 1 rings (SSSR count). The van der Waals surface area contributed by atoms with Crippen LogP contribution in [0.2, 0.25) is 0 Å². The van der Waals surface area contributed by atoms with Crippen molar-refractivity contribution in [3.05, 3.63) is 23.5 Å². The molecule has 0 spiro atoms. The molecule has 0 heterocycles. The molecule has 0 atom stereocenters. The van der Waals surface area contributed by atoms with Crippen molar-refractivity contribution in [1.82, 2.24) is 9.62 Å². The Labute approximate surface area is 124 Å². The summed E-state index contributed by atoms with van der Waals surface area (Å²) < 4.78 is 39.8. The van der Waals surface area contributed by atoms with Crippen LogP contribution in [-0.4, -0.2) is 38.3 Å². The van der Waals surface area contributed by atoms with Gasteiger partial charge in [0, 0.05) is 24.3 Å². The summed E-state index contributed by atoms with van der Waals surface area (Å²) in [6, 6.07) is 2.27. The smallest absolute Gasteiger partial charge is 0.243 e. The molecule has 6 nitrogen and oxygen atoms in total. The highest BCUT2D eigenvalue weighted by molar-refractivity contribution is 7.89. The molecule has 118 valence electrons. The molecule has 8 heteroatoms. The van der Waals surface area contributed by atoms with Crippen molar-refractivity contribution >= 4 is 21.6 Å². The molecule has 1 aromatic carbocycles. The lowest BCUT2D eigenvalue weighted by atomic mass is 10.2. The van der Waals surface area contributed by atoms with E-state index in [0.29, 0.717) is 6.54 Å². The molecule has 0 aliphatic carbocycles. The van der Waals surface area contributed by atoms with Crippen molar-refractivity contribution in [1.29, 1.82) is 0 Å². The summed E-state index contributed by atoms with van der Waals surface area (Å²) in [6.07, 6.45) is 0. The van der Waals surface area contributed by atoms with Crippen molar-refractivity contribution in [2.75, 3.05) is 25.4 Å². The molecule has 0 unspecified atom stereocenters. The summed E-state index contributed by atoms with van der Waals surface area (Å²) in [7, 11) is -3.99. The van der Waals surface area contributed by atoms with E-state index in [1.54, 1.807) is 13.8 Å². The summed E-state index contributed by atoms with van der Waals surface area (Å²) in [5, 5.41) is 2.53. The van der Waals surface area contributed by atoms with Gasteiger partial charge >= 0.3 is 0 Å². The van der Waals surface area contributed by atoms with Gasteiger partial charge in [-0.2, -0.15) is 4.31 Å². The first-order chi connectivity index (χ1) is 9.73. The topological polar surface area (TPSA) is 92.5 Å². The first-order valence-corrected chi connectivity index (χ1v) is 8.00. The highest BCUT2D eigenvalue weighted by Gasteiger charge is 2.28. The Hall–Kier alpha value is -1.67. The van der Waals surface area contributed by atoms with Crippen molar-refractivity contribution in [3.63, 3.8) is 0 Å². The second-order valence-corrected chi connectivity index (χ2v) is 6.42. The molecule has 3 N–H and O–H groups in total. The third kappa shape index (κ3) is 3.92. The van der Waals surface area contributed by atoms with Gasteiger partial charge in [-0.3, -0.25) is 4.79 Å². The lowest BCUT2D eigenvalue weighted by Gasteiger charge is -2.21. The molecule has 1 amide bonds. The third-order valence-electron chi connectivity index (χ3n) is 2.98. The molecule has 21 heavy (non-hydrogen) atoms. The van der Waals surface area contributed by atoms with Crippen molar-refractivity contribution < 1.29 is 17.6 Å². The van der Waals surface area contributed by atoms with Gasteiger partial charge in [0.2, 0.25) is 15.9 Å². The first-order valence-electron chi connectivity index (χ1n) is 6.56. The van der Waals surface area contributed by atoms with Crippen LogP contribution >= 0.6 is 0 Å². The summed E-state index contributed by atoms with van der Waals surface area (Å²) in [5.74, 6) is -1.10. The quantitative estimate of drug-likeness (QED) is 0.761. The molecule has 0 saturated heterocycles. The second kappa shape index (κ2) is 6.86. The van der Waals surface area contributed by atoms with Crippen LogP contribution in [0.3, 0.4) is 0 Å². The largest absolute Gasteiger partial charge is 0.399 e. The van der Waals surface area contributed by atoms with E-state index in [2.05, 4.69) is 5.32 Å². The first kappa shape index (κ1) is 17.4. The highest BCUT2D eigenvalue weighted by Crippen LogP contribution is 2.24. The standard InChI is InChI=1S/C13H20FN3O3S/c1-4-16-13(18)8-17(5-2)21(19,20)12-7-10(15)6-11(14)9(12)3/h6-7H,4-5,8,15H2,1-3H3,(H,16,18). The zero-order valence-electron chi connectivity index (χ0n) is 12.3. The van der Waals surface area contributed by atoms with E-state index in [0.717, 1.165) is 10.4 Å². The Morgan fingerprint density at radius 1 is 1.38 bits per heavy atom. The second-order valence-electron chi connectivity index (χ2n) is 4.51. The monoisotopic (exact) mass is 317 g/mol. The number of likely N-dealkylation sites (N-methyl/N-ethyl adjacent to an activating group) is 2. The molecule has 0 aliphatic heterocycles. The molecule has 0 bridgehead atoms. The van der Waals surface area contributed by atoms with E-state index in [9.17, 15) is 17.6 Å². The van der Waals surface area contributed by atoms with Gasteiger partial charge in [-0.05, 0) is 26.0 Å². The van der Waals surface area contributed by atoms with Gasteiger partial charge < -0.3 is 11.1 Å². The number of rotatable bonds is 6. The van der Waals surface area contributed by atoms with Crippen LogP contribution in [0.25, 0.3) is 0 Å². The molecule has 0 aromatic heterocycles. The van der Waals surface area contributed by atoms with Gasteiger partial charge in [-0.25, -0.2) is 12.8 Å². The van der Waals surface area contributed by atoms with Crippen LogP contribution in [0.5, 0.6) is 0 Å². The Kier molecular flexibility index (Phi) is 5.68. The van der Waals surface area contributed by atoms with Gasteiger partial charge in [0.1, 0.15) is 5.82 Å². The lowest BCUT2D eigenvalue weighted by Crippen LogP contribution is -2.40. The number of hydrogen-bond donors (Lipinski definition) is 2. The normalized spacial score (nSPS) is 11.7. The number of nitrogens with zero attached hydrogens (tertiary/aromatic N) is 1. The minimum atomic E-state index is -3.99. The SMILES string of the molecule is CCNC(=O)CN(CC)S(=O)(=O)c1cc(N)cc(F)c1C. The fraction of sp³-hybridized carbons (Fsp3) is 0.462. The van der Waals surface area contributed by atoms with Gasteiger partial charge in [0.25, 0.3) is 0 Å². The van der Waals surface area contributed by atoms with Crippen LogP contribution in [-0.2, 0) is 14.8 Å². The van der Waals surface area contributed by atoms with Crippen LogP contribution in [0.1, 0.15) is 19.4 Å². The maximum Gasteiger partial charge on any atom is 0.243 e. The van der Waals surface area contributed by atoms with E-state index < -0.39 is 21.7 Å². The molecule has 0 aliphatic rings. The fourth-order valence-electron chi connectivity index (χ4n) is 1.86. The highest BCUT2D eigenvalue weighted by atomic mass is 32.2. The summed E-state index contributed by atoms with van der Waals surface area (Å²) in [6.45, 7) is 4.89. The number of halogens is 1. The van der Waals surface area contributed by atoms with Crippen LogP contribution in [0.4, 0.5) is 10.1 Å². The number of hydrogen-bond acceptors (Lipinski definition) is 4. The molecular formula is C13H20FN3O3S. The van der Waals surface area contributed by atoms with Crippen LogP contribution < -0.4 is 11.1 Å². The summed E-state index contributed by atoms with van der Waals surface area (Å²) in [5.41, 5.74) is 5.52. The van der Waals surface area contributed by atoms with E-state index in [4.69, 9.17) is 5.73 Å². The van der Waals surface area contributed by atoms with Gasteiger partial charge in [0.15, 0.2) is 0 Å². The van der Waals surface area contributed by atoms with Crippen LogP contribution in [0.15, 0.2) is 17.0 Å². The van der Waals surface area contributed by atoms with E-state index in [1.807, 2.05) is 0 Å². The van der Waals surface area contributed by atoms with Crippen molar-refractivity contribution in [2.24, 2.45) is 0 Å². The lowest BCUT2D eigenvalue weighted by molar-refractivity contribution is -0.121. The van der Waals surface area contributed by atoms with Crippen LogP contribution in [0, 0.1) is 12.7 Å². The Balaban J connectivity index is 3.22. The molecule has 1 aromatic rings. The van der Waals surface area contributed by atoms with Crippen molar-refractivity contribution in [3.8, 4) is 0 Å². The molecule has 0 saturated carbocycles. The summed E-state index contributed by atoms with van der Waals surface area (Å²) >= 11 is 0. The number of sulfonamides is 1. The molecule has 0 radical (unpaired) electrons. The number of anilines is 1. The minimum absolute atomic E-state index is 0.0152. The summed E-state index contributed by atoms with van der Waals surface area (Å²) in [4.78, 5) is 11.4. The Morgan fingerprint density at radius 2 is 2.00 bits per heavy atom. The minimum Gasteiger partial charge on any atom is -0.399 e. The number of carbonyl (C=O) groups is 1. The average molecular weight is 317 g/mol. The van der Waals surface area contributed by atoms with Gasteiger partial charge in [-0.1, -0.05) is 6.92 Å². The molecular weight excluding hydrogens is 297 g/mol. The maximum atomic E-state index is 13.7. The van der Waals surface area contributed by atoms with Gasteiger partial charge in [-0.15, -0.1) is 0 Å². The van der Waals surface area contributed by atoms with Crippen molar-refractivity contribution in [2.45, 2.75) is 25.7 Å². The van der Waals surface area contributed by atoms with E-state index >= 15 is 0 Å². The zero-order valence-corrected chi connectivity index (χ0v) is 13.1. The number of amides is 1.